The predicted molar refractivity (Wildman–Crippen MR) is 98.5 cm³/mol. The van der Waals surface area contributed by atoms with Gasteiger partial charge in [0, 0.05) is 54.3 Å². The number of aromatic amines is 1. The number of nitrogens with zero attached hydrogens (tertiary/aromatic N) is 3. The van der Waals surface area contributed by atoms with Crippen LogP contribution in [0.4, 0.5) is 10.5 Å². The second-order valence-electron chi connectivity index (χ2n) is 6.61. The number of piperidine rings is 1. The maximum Gasteiger partial charge on any atom is 0.322 e. The molecule has 0 radical (unpaired) electrons. The smallest absolute Gasteiger partial charge is 0.322 e. The van der Waals surface area contributed by atoms with Crippen molar-refractivity contribution < 1.29 is 4.79 Å². The average molecular weight is 337 g/mol. The van der Waals surface area contributed by atoms with Crippen LogP contribution in [0.2, 0.25) is 0 Å². The van der Waals surface area contributed by atoms with Crippen molar-refractivity contribution in [3.8, 4) is 0 Å². The molecule has 25 heavy (non-hydrogen) atoms. The van der Waals surface area contributed by atoms with E-state index >= 15 is 0 Å². The van der Waals surface area contributed by atoms with Crippen LogP contribution in [0.1, 0.15) is 25.7 Å². The summed E-state index contributed by atoms with van der Waals surface area (Å²) in [6, 6.07) is 10.2. The minimum absolute atomic E-state index is 0.0000472. The summed E-state index contributed by atoms with van der Waals surface area (Å²) in [6.07, 6.45) is 9.93. The number of aryl methyl sites for hydroxylation is 1. The highest BCUT2D eigenvalue weighted by Crippen LogP contribution is 2.23. The summed E-state index contributed by atoms with van der Waals surface area (Å²) in [5.41, 5.74) is 1.92. The van der Waals surface area contributed by atoms with Gasteiger partial charge in [-0.3, -0.25) is 4.68 Å². The molecule has 0 saturated carbocycles. The second-order valence-corrected chi connectivity index (χ2v) is 6.61. The number of urea groups is 1. The Morgan fingerprint density at radius 3 is 3.16 bits per heavy atom. The summed E-state index contributed by atoms with van der Waals surface area (Å²) in [5.74, 6) is 0. The second kappa shape index (κ2) is 7.01. The molecule has 6 heteroatoms. The molecule has 0 spiro atoms. The third-order valence-corrected chi connectivity index (χ3v) is 4.94. The fourth-order valence-corrected chi connectivity index (χ4v) is 3.61. The van der Waals surface area contributed by atoms with E-state index in [4.69, 9.17) is 0 Å². The quantitative estimate of drug-likeness (QED) is 0.759. The Bertz CT molecular complexity index is 839. The number of carbonyl (C=O) groups is 1. The van der Waals surface area contributed by atoms with Crippen LogP contribution in [0.25, 0.3) is 10.9 Å². The summed E-state index contributed by atoms with van der Waals surface area (Å²) in [5, 5.41) is 8.43. The van der Waals surface area contributed by atoms with Crippen molar-refractivity contribution in [1.82, 2.24) is 19.7 Å². The van der Waals surface area contributed by atoms with E-state index in [1.807, 2.05) is 52.3 Å². The first-order valence-electron chi connectivity index (χ1n) is 8.92. The number of aromatic nitrogens is 3. The maximum absolute atomic E-state index is 12.8. The van der Waals surface area contributed by atoms with Crippen LogP contribution in [-0.4, -0.2) is 38.3 Å². The number of amides is 2. The van der Waals surface area contributed by atoms with Crippen LogP contribution in [0.3, 0.4) is 0 Å². The predicted octanol–water partition coefficient (Wildman–Crippen LogP) is 3.84. The highest BCUT2D eigenvalue weighted by atomic mass is 16.2. The third kappa shape index (κ3) is 3.52. The first kappa shape index (κ1) is 15.7. The molecule has 1 aliphatic heterocycles. The van der Waals surface area contributed by atoms with Crippen LogP contribution < -0.4 is 5.32 Å². The summed E-state index contributed by atoms with van der Waals surface area (Å²) in [4.78, 5) is 18.0. The lowest BCUT2D eigenvalue weighted by molar-refractivity contribution is 0.154. The molecule has 0 aliphatic carbocycles. The van der Waals surface area contributed by atoms with Crippen LogP contribution >= 0.6 is 0 Å². The van der Waals surface area contributed by atoms with Gasteiger partial charge in [-0.05, 0) is 56.0 Å². The molecule has 3 heterocycles. The number of fused-ring (bicyclic) bond motifs is 1. The number of rotatable bonds is 4. The van der Waals surface area contributed by atoms with Crippen LogP contribution in [0.5, 0.6) is 0 Å². The topological polar surface area (TPSA) is 66.0 Å². The molecular weight excluding hydrogens is 314 g/mol. The van der Waals surface area contributed by atoms with Gasteiger partial charge in [-0.25, -0.2) is 4.79 Å². The Hall–Kier alpha value is -2.76. The number of H-pyrrole nitrogens is 1. The number of benzene rings is 1. The summed E-state index contributed by atoms with van der Waals surface area (Å²) < 4.78 is 1.94. The van der Waals surface area contributed by atoms with Crippen molar-refractivity contribution in [3.63, 3.8) is 0 Å². The lowest BCUT2D eigenvalue weighted by Crippen LogP contribution is -2.46. The van der Waals surface area contributed by atoms with Gasteiger partial charge in [0.15, 0.2) is 0 Å². The average Bonchev–Trinajstić information content (AvgIpc) is 3.31. The van der Waals surface area contributed by atoms with E-state index in [0.717, 1.165) is 48.9 Å². The van der Waals surface area contributed by atoms with Crippen molar-refractivity contribution >= 4 is 22.6 Å². The van der Waals surface area contributed by atoms with E-state index in [9.17, 15) is 4.79 Å². The van der Waals surface area contributed by atoms with E-state index < -0.39 is 0 Å². The van der Waals surface area contributed by atoms with Gasteiger partial charge in [0.2, 0.25) is 0 Å². The standard InChI is InChI=1S/C19H23N5O/c25-19(22-16-5-6-18-15(14-16)7-10-20-18)24-12-2-1-4-17(24)8-13-23-11-3-9-21-23/h3,5-7,9-11,14,17,20H,1-2,4,8,12-13H2,(H,22,25). The largest absolute Gasteiger partial charge is 0.361 e. The molecule has 130 valence electrons. The molecule has 1 aliphatic rings. The van der Waals surface area contributed by atoms with Crippen molar-refractivity contribution in [2.75, 3.05) is 11.9 Å². The zero-order valence-electron chi connectivity index (χ0n) is 14.2. The minimum atomic E-state index is 0.0000472. The molecule has 0 bridgehead atoms. The molecule has 3 aromatic rings. The van der Waals surface area contributed by atoms with Crippen LogP contribution in [0.15, 0.2) is 48.9 Å². The summed E-state index contributed by atoms with van der Waals surface area (Å²) in [7, 11) is 0. The molecule has 2 amide bonds. The lowest BCUT2D eigenvalue weighted by Gasteiger charge is -2.35. The lowest BCUT2D eigenvalue weighted by atomic mass is 10.00. The summed E-state index contributed by atoms with van der Waals surface area (Å²) in [6.45, 7) is 1.67. The van der Waals surface area contributed by atoms with E-state index in [1.165, 1.54) is 6.42 Å². The number of anilines is 1. The molecule has 1 unspecified atom stereocenters. The number of nitrogens with one attached hydrogen (secondary N) is 2. The third-order valence-electron chi connectivity index (χ3n) is 4.94. The van der Waals surface area contributed by atoms with Gasteiger partial charge in [0.1, 0.15) is 0 Å². The van der Waals surface area contributed by atoms with Crippen molar-refractivity contribution in [3.05, 3.63) is 48.9 Å². The van der Waals surface area contributed by atoms with Crippen molar-refractivity contribution in [2.24, 2.45) is 0 Å². The SMILES string of the molecule is O=C(Nc1ccc2[nH]ccc2c1)N1CCCCC1CCn1cccn1. The Morgan fingerprint density at radius 1 is 1.32 bits per heavy atom. The summed E-state index contributed by atoms with van der Waals surface area (Å²) >= 11 is 0. The monoisotopic (exact) mass is 337 g/mol. The van der Waals surface area contributed by atoms with Crippen molar-refractivity contribution in [1.29, 1.82) is 0 Å². The number of hydrogen-bond acceptors (Lipinski definition) is 2. The number of hydrogen-bond donors (Lipinski definition) is 2. The first-order chi connectivity index (χ1) is 12.3. The fourth-order valence-electron chi connectivity index (χ4n) is 3.61. The normalized spacial score (nSPS) is 17.8. The highest BCUT2D eigenvalue weighted by Gasteiger charge is 2.26. The van der Waals surface area contributed by atoms with Gasteiger partial charge < -0.3 is 15.2 Å². The van der Waals surface area contributed by atoms with Crippen LogP contribution in [-0.2, 0) is 6.54 Å². The molecule has 1 aromatic carbocycles. The van der Waals surface area contributed by atoms with Gasteiger partial charge in [0.05, 0.1) is 0 Å². The fraction of sp³-hybridized carbons (Fsp3) is 0.368. The molecule has 6 nitrogen and oxygen atoms in total. The van der Waals surface area contributed by atoms with Crippen LogP contribution in [0, 0.1) is 0 Å². The molecule has 2 N–H and O–H groups in total. The Kier molecular flexibility index (Phi) is 4.41. The zero-order valence-corrected chi connectivity index (χ0v) is 14.2. The van der Waals surface area contributed by atoms with Crippen molar-refractivity contribution in [2.45, 2.75) is 38.3 Å². The number of likely N-dealkylation sites (tertiary alicyclic amines) is 1. The molecular formula is C19H23N5O. The first-order valence-corrected chi connectivity index (χ1v) is 8.92. The molecule has 4 rings (SSSR count). The Labute approximate surface area is 146 Å². The Morgan fingerprint density at radius 2 is 2.28 bits per heavy atom. The number of carbonyl (C=O) groups excluding carboxylic acids is 1. The molecule has 1 fully saturated rings. The van der Waals surface area contributed by atoms with E-state index in [0.29, 0.717) is 0 Å². The molecule has 1 atom stereocenters. The molecule has 2 aromatic heterocycles. The Balaban J connectivity index is 1.42. The highest BCUT2D eigenvalue weighted by molar-refractivity contribution is 5.93. The van der Waals surface area contributed by atoms with Gasteiger partial charge >= 0.3 is 6.03 Å². The van der Waals surface area contributed by atoms with E-state index in [1.54, 1.807) is 6.20 Å². The maximum atomic E-state index is 12.8. The van der Waals surface area contributed by atoms with Gasteiger partial charge in [0.25, 0.3) is 0 Å². The van der Waals surface area contributed by atoms with E-state index in [-0.39, 0.29) is 12.1 Å². The van der Waals surface area contributed by atoms with Gasteiger partial charge in [-0.15, -0.1) is 0 Å². The molecule has 1 saturated heterocycles. The zero-order chi connectivity index (χ0) is 17.1. The van der Waals surface area contributed by atoms with Gasteiger partial charge in [-0.2, -0.15) is 5.10 Å². The van der Waals surface area contributed by atoms with Gasteiger partial charge in [-0.1, -0.05) is 0 Å². The minimum Gasteiger partial charge on any atom is -0.361 e. The van der Waals surface area contributed by atoms with E-state index in [2.05, 4.69) is 15.4 Å².